The smallest absolute Gasteiger partial charge is 0.315 e. The topological polar surface area (TPSA) is 53.6 Å². The number of halogens is 1. The molecule has 5 nitrogen and oxygen atoms in total. The lowest BCUT2D eigenvalue weighted by Gasteiger charge is -2.22. The van der Waals surface area contributed by atoms with Gasteiger partial charge in [-0.1, -0.05) is 6.07 Å². The van der Waals surface area contributed by atoms with Crippen LogP contribution in [-0.2, 0) is 11.3 Å². The Kier molecular flexibility index (Phi) is 6.65. The van der Waals surface area contributed by atoms with Gasteiger partial charge in [-0.3, -0.25) is 0 Å². The minimum Gasteiger partial charge on any atom is -0.381 e. The second-order valence-electron chi connectivity index (χ2n) is 5.75. The zero-order valence-corrected chi connectivity index (χ0v) is 13.9. The fourth-order valence-electron chi connectivity index (χ4n) is 2.71. The Morgan fingerprint density at radius 1 is 1.35 bits per heavy atom. The third-order valence-electron chi connectivity index (χ3n) is 4.14. The second kappa shape index (κ2) is 8.72. The third-order valence-corrected chi connectivity index (χ3v) is 4.14. The van der Waals surface area contributed by atoms with Crippen LogP contribution in [-0.4, -0.2) is 38.9 Å². The van der Waals surface area contributed by atoms with Gasteiger partial charge >= 0.3 is 6.03 Å². The van der Waals surface area contributed by atoms with Gasteiger partial charge in [-0.2, -0.15) is 0 Å². The maximum atomic E-state index is 14.2. The van der Waals surface area contributed by atoms with Gasteiger partial charge in [0.2, 0.25) is 0 Å². The molecule has 1 aliphatic rings. The standard InChI is InChI=1S/C17H26FN3O2/c1-3-21(4-2)16-6-5-13(9-15(16)18)10-19-17(22)20-11-14-7-8-23-12-14/h5-6,9,14H,3-4,7-8,10-12H2,1-2H3,(H2,19,20,22)/t14-/m1/s1. The lowest BCUT2D eigenvalue weighted by atomic mass is 10.1. The summed E-state index contributed by atoms with van der Waals surface area (Å²) in [5, 5.41) is 5.58. The van der Waals surface area contributed by atoms with E-state index in [1.54, 1.807) is 6.07 Å². The highest BCUT2D eigenvalue weighted by molar-refractivity contribution is 5.73. The van der Waals surface area contributed by atoms with E-state index in [1.165, 1.54) is 6.07 Å². The number of nitrogens with one attached hydrogen (secondary N) is 2. The van der Waals surface area contributed by atoms with Crippen molar-refractivity contribution in [2.75, 3.05) is 37.7 Å². The molecule has 0 bridgehead atoms. The van der Waals surface area contributed by atoms with Crippen LogP contribution in [0.3, 0.4) is 0 Å². The molecule has 0 radical (unpaired) electrons. The number of carbonyl (C=O) groups is 1. The number of rotatable bonds is 7. The van der Waals surface area contributed by atoms with Crippen LogP contribution in [0.25, 0.3) is 0 Å². The van der Waals surface area contributed by atoms with Crippen LogP contribution >= 0.6 is 0 Å². The zero-order valence-electron chi connectivity index (χ0n) is 13.9. The zero-order chi connectivity index (χ0) is 16.7. The molecular formula is C17H26FN3O2. The Balaban J connectivity index is 1.80. The number of hydrogen-bond acceptors (Lipinski definition) is 3. The number of anilines is 1. The van der Waals surface area contributed by atoms with E-state index in [2.05, 4.69) is 10.6 Å². The van der Waals surface area contributed by atoms with E-state index < -0.39 is 0 Å². The van der Waals surface area contributed by atoms with Gasteiger partial charge in [0, 0.05) is 38.7 Å². The van der Waals surface area contributed by atoms with Crippen LogP contribution in [0.4, 0.5) is 14.9 Å². The molecule has 1 heterocycles. The Morgan fingerprint density at radius 3 is 2.74 bits per heavy atom. The number of amides is 2. The van der Waals surface area contributed by atoms with Crippen molar-refractivity contribution in [1.82, 2.24) is 10.6 Å². The van der Waals surface area contributed by atoms with E-state index in [9.17, 15) is 9.18 Å². The lowest BCUT2D eigenvalue weighted by molar-refractivity contribution is 0.185. The van der Waals surface area contributed by atoms with Gasteiger partial charge in [-0.05, 0) is 38.0 Å². The molecular weight excluding hydrogens is 297 g/mol. The second-order valence-corrected chi connectivity index (χ2v) is 5.75. The number of urea groups is 1. The molecule has 1 aromatic carbocycles. The molecule has 0 spiro atoms. The number of hydrogen-bond donors (Lipinski definition) is 2. The first kappa shape index (κ1) is 17.5. The van der Waals surface area contributed by atoms with Crippen molar-refractivity contribution in [2.45, 2.75) is 26.8 Å². The number of benzene rings is 1. The van der Waals surface area contributed by atoms with Crippen molar-refractivity contribution >= 4 is 11.7 Å². The summed E-state index contributed by atoms with van der Waals surface area (Å²) in [6.07, 6.45) is 0.984. The van der Waals surface area contributed by atoms with E-state index in [0.717, 1.165) is 31.7 Å². The fraction of sp³-hybridized carbons (Fsp3) is 0.588. The molecule has 1 aliphatic heterocycles. The number of carbonyl (C=O) groups excluding carboxylic acids is 1. The van der Waals surface area contributed by atoms with Crippen LogP contribution in [0.5, 0.6) is 0 Å². The summed E-state index contributed by atoms with van der Waals surface area (Å²) in [5.74, 6) is 0.142. The third kappa shape index (κ3) is 5.10. The van der Waals surface area contributed by atoms with Crippen molar-refractivity contribution in [3.05, 3.63) is 29.6 Å². The molecule has 1 saturated heterocycles. The first-order chi connectivity index (χ1) is 11.1. The maximum Gasteiger partial charge on any atom is 0.315 e. The summed E-state index contributed by atoms with van der Waals surface area (Å²) in [4.78, 5) is 13.7. The molecule has 128 valence electrons. The Labute approximate surface area is 137 Å². The van der Waals surface area contributed by atoms with Crippen LogP contribution < -0.4 is 15.5 Å². The Bertz CT molecular complexity index is 515. The summed E-state index contributed by atoms with van der Waals surface area (Å²) in [5.41, 5.74) is 1.35. The molecule has 2 rings (SSSR count). The monoisotopic (exact) mass is 323 g/mol. The highest BCUT2D eigenvalue weighted by atomic mass is 19.1. The first-order valence-electron chi connectivity index (χ1n) is 8.26. The van der Waals surface area contributed by atoms with Crippen LogP contribution in [0.15, 0.2) is 18.2 Å². The SMILES string of the molecule is CCN(CC)c1ccc(CNC(=O)NC[C@H]2CCOC2)cc1F. The summed E-state index contributed by atoms with van der Waals surface area (Å²) >= 11 is 0. The lowest BCUT2D eigenvalue weighted by Crippen LogP contribution is -2.38. The van der Waals surface area contributed by atoms with Crippen molar-refractivity contribution in [2.24, 2.45) is 5.92 Å². The molecule has 0 aliphatic carbocycles. The van der Waals surface area contributed by atoms with E-state index in [-0.39, 0.29) is 11.8 Å². The molecule has 2 amide bonds. The number of nitrogens with zero attached hydrogens (tertiary/aromatic N) is 1. The predicted octanol–water partition coefficient (Wildman–Crippen LogP) is 2.51. The maximum absolute atomic E-state index is 14.2. The van der Waals surface area contributed by atoms with E-state index >= 15 is 0 Å². The summed E-state index contributed by atoms with van der Waals surface area (Å²) < 4.78 is 19.4. The van der Waals surface area contributed by atoms with Crippen molar-refractivity contribution in [1.29, 1.82) is 0 Å². The average Bonchev–Trinajstić information content (AvgIpc) is 3.07. The summed E-state index contributed by atoms with van der Waals surface area (Å²) in [7, 11) is 0. The highest BCUT2D eigenvalue weighted by Crippen LogP contribution is 2.20. The molecule has 1 aromatic rings. The Hall–Kier alpha value is -1.82. The summed E-state index contributed by atoms with van der Waals surface area (Å²) in [6.45, 7) is 7.92. The van der Waals surface area contributed by atoms with Crippen LogP contribution in [0.2, 0.25) is 0 Å². The van der Waals surface area contributed by atoms with Gasteiger partial charge in [0.15, 0.2) is 0 Å². The molecule has 0 unspecified atom stereocenters. The van der Waals surface area contributed by atoms with Gasteiger partial charge in [0.25, 0.3) is 0 Å². The average molecular weight is 323 g/mol. The van der Waals surface area contributed by atoms with Gasteiger partial charge in [-0.15, -0.1) is 0 Å². The minimum absolute atomic E-state index is 0.231. The molecule has 1 atom stereocenters. The molecule has 1 fully saturated rings. The quantitative estimate of drug-likeness (QED) is 0.811. The summed E-state index contributed by atoms with van der Waals surface area (Å²) in [6, 6.07) is 4.87. The molecule has 0 saturated carbocycles. The molecule has 0 aromatic heterocycles. The van der Waals surface area contributed by atoms with Gasteiger partial charge in [-0.25, -0.2) is 9.18 Å². The largest absolute Gasteiger partial charge is 0.381 e. The van der Waals surface area contributed by atoms with Gasteiger partial charge in [0.1, 0.15) is 5.82 Å². The van der Waals surface area contributed by atoms with Crippen LogP contribution in [0, 0.1) is 11.7 Å². The molecule has 6 heteroatoms. The molecule has 23 heavy (non-hydrogen) atoms. The van der Waals surface area contributed by atoms with E-state index in [1.807, 2.05) is 24.8 Å². The van der Waals surface area contributed by atoms with Gasteiger partial charge in [0.05, 0.1) is 12.3 Å². The first-order valence-corrected chi connectivity index (χ1v) is 8.26. The predicted molar refractivity (Wildman–Crippen MR) is 89.1 cm³/mol. The van der Waals surface area contributed by atoms with Crippen molar-refractivity contribution < 1.29 is 13.9 Å². The van der Waals surface area contributed by atoms with E-state index in [4.69, 9.17) is 4.74 Å². The number of ether oxygens (including phenoxy) is 1. The normalized spacial score (nSPS) is 17.1. The Morgan fingerprint density at radius 2 is 2.13 bits per heavy atom. The molecule has 2 N–H and O–H groups in total. The van der Waals surface area contributed by atoms with Crippen molar-refractivity contribution in [3.8, 4) is 0 Å². The van der Waals surface area contributed by atoms with Crippen molar-refractivity contribution in [3.63, 3.8) is 0 Å². The van der Waals surface area contributed by atoms with Crippen LogP contribution in [0.1, 0.15) is 25.8 Å². The van der Waals surface area contributed by atoms with E-state index in [0.29, 0.717) is 31.3 Å². The minimum atomic E-state index is -0.253. The highest BCUT2D eigenvalue weighted by Gasteiger charge is 2.16. The van der Waals surface area contributed by atoms with Gasteiger partial charge < -0.3 is 20.3 Å². The fourth-order valence-corrected chi connectivity index (χ4v) is 2.71.